The van der Waals surface area contributed by atoms with Crippen molar-refractivity contribution in [3.8, 4) is 11.3 Å². The molecule has 2 aromatic rings. The van der Waals surface area contributed by atoms with Crippen molar-refractivity contribution in [3.63, 3.8) is 0 Å². The second kappa shape index (κ2) is 9.90. The first-order valence-electron chi connectivity index (χ1n) is 10.9. The Labute approximate surface area is 209 Å². The Hall–Kier alpha value is -1.31. The monoisotopic (exact) mass is 508 g/mol. The number of carbonyl (C=O) groups excluding carboxylic acids is 1. The molecule has 2 N–H and O–H groups in total. The number of hydrogen-bond donors (Lipinski definition) is 1. The number of thioether (sulfide) groups is 1. The number of nitrogens with two attached hydrogens (primary N) is 1. The van der Waals surface area contributed by atoms with Crippen molar-refractivity contribution in [2.75, 3.05) is 6.54 Å². The highest BCUT2D eigenvalue weighted by Crippen LogP contribution is 2.49. The normalized spacial score (nSPS) is 25.8. The molecule has 3 unspecified atom stereocenters. The second-order valence-corrected chi connectivity index (χ2v) is 10.8. The molecule has 2 heterocycles. The molecule has 2 saturated carbocycles. The fraction of sp³-hybridized carbons (Fsp3) is 0.417. The first-order valence-corrected chi connectivity index (χ1v) is 12.5. The number of halogens is 2. The van der Waals surface area contributed by atoms with Gasteiger partial charge in [0.05, 0.1) is 4.91 Å². The summed E-state index contributed by atoms with van der Waals surface area (Å²) in [5, 5.41) is 0.683. The Kier molecular flexibility index (Phi) is 7.37. The highest BCUT2D eigenvalue weighted by Gasteiger charge is 2.48. The number of aryl methyl sites for hydroxylation is 1. The maximum absolute atomic E-state index is 13.3. The molecule has 3 fully saturated rings. The van der Waals surface area contributed by atoms with Crippen LogP contribution in [-0.4, -0.2) is 27.7 Å². The van der Waals surface area contributed by atoms with Crippen LogP contribution in [0.1, 0.15) is 43.4 Å². The number of rotatable bonds is 6. The van der Waals surface area contributed by atoms with Crippen LogP contribution in [-0.2, 0) is 11.2 Å². The lowest BCUT2D eigenvalue weighted by Gasteiger charge is -2.30. The van der Waals surface area contributed by atoms with Crippen LogP contribution < -0.4 is 5.73 Å². The Morgan fingerprint density at radius 1 is 1.25 bits per heavy atom. The van der Waals surface area contributed by atoms with E-state index in [0.29, 0.717) is 32.5 Å². The highest BCUT2D eigenvalue weighted by molar-refractivity contribution is 8.26. The summed E-state index contributed by atoms with van der Waals surface area (Å²) in [5.41, 5.74) is 7.75. The minimum atomic E-state index is 0. The molecule has 2 bridgehead atoms. The van der Waals surface area contributed by atoms with Gasteiger partial charge in [0.15, 0.2) is 0 Å². The van der Waals surface area contributed by atoms with Gasteiger partial charge < -0.3 is 10.2 Å². The number of carbonyl (C=O) groups is 1. The molecular formula is C24H26Cl2N2O2S2. The van der Waals surface area contributed by atoms with Gasteiger partial charge in [-0.2, -0.15) is 0 Å². The van der Waals surface area contributed by atoms with E-state index in [4.69, 9.17) is 34.0 Å². The molecule has 1 aromatic carbocycles. The van der Waals surface area contributed by atoms with E-state index in [1.54, 1.807) is 0 Å². The minimum Gasteiger partial charge on any atom is -0.456 e. The third kappa shape index (κ3) is 4.53. The highest BCUT2D eigenvalue weighted by atomic mass is 35.5. The van der Waals surface area contributed by atoms with Crippen LogP contribution in [0.5, 0.6) is 0 Å². The predicted octanol–water partition coefficient (Wildman–Crippen LogP) is 6.30. The van der Waals surface area contributed by atoms with E-state index in [2.05, 4.69) is 0 Å². The van der Waals surface area contributed by atoms with Crippen molar-refractivity contribution < 1.29 is 9.21 Å². The predicted molar refractivity (Wildman–Crippen MR) is 138 cm³/mol. The first kappa shape index (κ1) is 23.8. The zero-order chi connectivity index (χ0) is 21.5. The van der Waals surface area contributed by atoms with Crippen LogP contribution in [0.3, 0.4) is 0 Å². The summed E-state index contributed by atoms with van der Waals surface area (Å²) in [6, 6.07) is 9.88. The van der Waals surface area contributed by atoms with Crippen LogP contribution in [0.15, 0.2) is 39.7 Å². The van der Waals surface area contributed by atoms with Crippen LogP contribution in [0.4, 0.5) is 0 Å². The van der Waals surface area contributed by atoms with Gasteiger partial charge in [-0.15, -0.1) is 12.4 Å². The molecule has 5 rings (SSSR count). The Balaban J connectivity index is 0.00000245. The Morgan fingerprint density at radius 3 is 2.69 bits per heavy atom. The van der Waals surface area contributed by atoms with Crippen LogP contribution >= 0.6 is 48.0 Å². The van der Waals surface area contributed by atoms with Crippen LogP contribution in [0.2, 0.25) is 5.02 Å². The number of furan rings is 1. The van der Waals surface area contributed by atoms with Gasteiger partial charge in [-0.05, 0) is 86.4 Å². The second-order valence-electron chi connectivity index (χ2n) is 8.69. The van der Waals surface area contributed by atoms with Gasteiger partial charge in [-0.25, -0.2) is 0 Å². The van der Waals surface area contributed by atoms with Gasteiger partial charge >= 0.3 is 0 Å². The average molecular weight is 510 g/mol. The lowest BCUT2D eigenvalue weighted by molar-refractivity contribution is -0.124. The van der Waals surface area contributed by atoms with E-state index in [1.807, 2.05) is 41.3 Å². The standard InChI is InChI=1S/C24H25ClN2O2S2.ClH/c25-18-7-5-15(6-8-18)20-12-17(2-1-9-26)21(29-20)13-22-23(28)27(24(30)31-22)19-11-14-3-4-16(19)10-14;/h5-8,12-14,16,19H,1-4,9-11,26H2;1H/b22-13+;. The molecule has 170 valence electrons. The SMILES string of the molecule is Cl.NCCCc1cc(-c2ccc(Cl)cc2)oc1/C=C1/SC(=S)N(C2CC3CCC2C3)C1=O. The third-order valence-corrected chi connectivity index (χ3v) is 8.32. The summed E-state index contributed by atoms with van der Waals surface area (Å²) >= 11 is 13.1. The number of amides is 1. The molecule has 1 aliphatic heterocycles. The number of thiocarbonyl (C=S) groups is 1. The summed E-state index contributed by atoms with van der Waals surface area (Å²) in [5.74, 6) is 2.87. The molecule has 3 aliphatic rings. The number of nitrogens with zero attached hydrogens (tertiary/aromatic N) is 1. The summed E-state index contributed by atoms with van der Waals surface area (Å²) in [6.45, 7) is 0.604. The van der Waals surface area contributed by atoms with Crippen molar-refractivity contribution in [2.45, 2.75) is 44.6 Å². The van der Waals surface area contributed by atoms with Gasteiger partial charge in [-0.1, -0.05) is 42.0 Å². The summed E-state index contributed by atoms with van der Waals surface area (Å²) in [4.78, 5) is 15.8. The molecule has 1 amide bonds. The summed E-state index contributed by atoms with van der Waals surface area (Å²) < 4.78 is 6.89. The van der Waals surface area contributed by atoms with E-state index in [0.717, 1.165) is 42.1 Å². The molecule has 1 saturated heterocycles. The Morgan fingerprint density at radius 2 is 2.03 bits per heavy atom. The quantitative estimate of drug-likeness (QED) is 0.366. The van der Waals surface area contributed by atoms with Gasteiger partial charge in [0.2, 0.25) is 0 Å². The van der Waals surface area contributed by atoms with Gasteiger partial charge in [0.1, 0.15) is 15.8 Å². The molecule has 32 heavy (non-hydrogen) atoms. The van der Waals surface area contributed by atoms with E-state index in [-0.39, 0.29) is 24.4 Å². The van der Waals surface area contributed by atoms with Crippen molar-refractivity contribution in [1.29, 1.82) is 0 Å². The molecule has 1 aromatic heterocycles. The molecule has 3 atom stereocenters. The smallest absolute Gasteiger partial charge is 0.266 e. The number of benzene rings is 1. The van der Waals surface area contributed by atoms with Crippen LogP contribution in [0.25, 0.3) is 17.4 Å². The van der Waals surface area contributed by atoms with E-state index >= 15 is 0 Å². The zero-order valence-electron chi connectivity index (χ0n) is 17.6. The molecule has 0 spiro atoms. The van der Waals surface area contributed by atoms with Gasteiger partial charge in [0, 0.05) is 22.7 Å². The lowest BCUT2D eigenvalue weighted by Crippen LogP contribution is -2.41. The number of hydrogen-bond acceptors (Lipinski definition) is 5. The summed E-state index contributed by atoms with van der Waals surface area (Å²) in [6.07, 6.45) is 8.38. The average Bonchev–Trinajstić information content (AvgIpc) is 3.52. The third-order valence-electron chi connectivity index (χ3n) is 6.74. The topological polar surface area (TPSA) is 59.5 Å². The maximum Gasteiger partial charge on any atom is 0.266 e. The first-order chi connectivity index (χ1) is 15.0. The fourth-order valence-corrected chi connectivity index (χ4v) is 6.69. The van der Waals surface area contributed by atoms with Crippen molar-refractivity contribution in [2.24, 2.45) is 17.6 Å². The minimum absolute atomic E-state index is 0. The van der Waals surface area contributed by atoms with Gasteiger partial charge in [0.25, 0.3) is 5.91 Å². The molecular weight excluding hydrogens is 483 g/mol. The molecule has 4 nitrogen and oxygen atoms in total. The lowest BCUT2D eigenvalue weighted by atomic mass is 9.94. The Bertz CT molecular complexity index is 1050. The van der Waals surface area contributed by atoms with Crippen molar-refractivity contribution in [3.05, 3.63) is 51.6 Å². The molecule has 2 aliphatic carbocycles. The van der Waals surface area contributed by atoms with Crippen LogP contribution in [0, 0.1) is 11.8 Å². The van der Waals surface area contributed by atoms with E-state index in [9.17, 15) is 4.79 Å². The van der Waals surface area contributed by atoms with Crippen molar-refractivity contribution >= 4 is 64.3 Å². The van der Waals surface area contributed by atoms with E-state index < -0.39 is 0 Å². The molecule has 0 radical (unpaired) electrons. The maximum atomic E-state index is 13.3. The fourth-order valence-electron chi connectivity index (χ4n) is 5.22. The van der Waals surface area contributed by atoms with Crippen molar-refractivity contribution in [1.82, 2.24) is 4.90 Å². The van der Waals surface area contributed by atoms with E-state index in [1.165, 1.54) is 31.0 Å². The largest absolute Gasteiger partial charge is 0.456 e. The zero-order valence-corrected chi connectivity index (χ0v) is 20.8. The molecule has 8 heteroatoms. The van der Waals surface area contributed by atoms with Gasteiger partial charge in [-0.3, -0.25) is 9.69 Å². The summed E-state index contributed by atoms with van der Waals surface area (Å²) in [7, 11) is 0. The number of fused-ring (bicyclic) bond motifs is 2.